The van der Waals surface area contributed by atoms with Crippen LogP contribution in [0.3, 0.4) is 0 Å². The van der Waals surface area contributed by atoms with Gasteiger partial charge in [-0.3, -0.25) is 4.68 Å². The van der Waals surface area contributed by atoms with E-state index in [2.05, 4.69) is 52.0 Å². The Bertz CT molecular complexity index is 363. The van der Waals surface area contributed by atoms with Crippen molar-refractivity contribution >= 4 is 0 Å². The molecule has 0 aromatic carbocycles. The fourth-order valence-corrected chi connectivity index (χ4v) is 1.43. The van der Waals surface area contributed by atoms with E-state index in [0.29, 0.717) is 6.61 Å². The average Bonchev–Trinajstić information content (AvgIpc) is 2.71. The van der Waals surface area contributed by atoms with Gasteiger partial charge in [0.25, 0.3) is 0 Å². The largest absolute Gasteiger partial charge is 0.490 e. The zero-order chi connectivity index (χ0) is 13.8. The number of nitrogens with one attached hydrogen (secondary N) is 1. The predicted octanol–water partition coefficient (Wildman–Crippen LogP) is 2.70. The Kier molecular flexibility index (Phi) is 4.79. The first-order valence-corrected chi connectivity index (χ1v) is 6.62. The summed E-state index contributed by atoms with van der Waals surface area (Å²) in [6.07, 6.45) is 3.71. The minimum absolute atomic E-state index is 0.0988. The van der Waals surface area contributed by atoms with Crippen LogP contribution < -0.4 is 10.1 Å². The van der Waals surface area contributed by atoms with Crippen LogP contribution in [0.5, 0.6) is 5.75 Å². The van der Waals surface area contributed by atoms with Crippen LogP contribution in [-0.2, 0) is 6.54 Å². The number of nitrogens with zero attached hydrogens (tertiary/aromatic N) is 2. The van der Waals surface area contributed by atoms with Crippen molar-refractivity contribution in [2.45, 2.75) is 53.6 Å². The summed E-state index contributed by atoms with van der Waals surface area (Å²) < 4.78 is 7.67. The highest BCUT2D eigenvalue weighted by atomic mass is 16.5. The molecule has 18 heavy (non-hydrogen) atoms. The molecule has 0 saturated heterocycles. The average molecular weight is 253 g/mol. The van der Waals surface area contributed by atoms with E-state index in [1.807, 2.05) is 10.9 Å². The molecular weight excluding hydrogens is 226 g/mol. The molecule has 1 rings (SSSR count). The smallest absolute Gasteiger partial charge is 0.157 e. The topological polar surface area (TPSA) is 39.1 Å². The van der Waals surface area contributed by atoms with Gasteiger partial charge in [-0.15, -0.1) is 0 Å². The molecule has 0 unspecified atom stereocenters. The van der Waals surface area contributed by atoms with Crippen molar-refractivity contribution in [2.24, 2.45) is 5.41 Å². The summed E-state index contributed by atoms with van der Waals surface area (Å²) in [5.74, 6) is 0.848. The third-order valence-corrected chi connectivity index (χ3v) is 2.66. The maximum atomic E-state index is 5.80. The van der Waals surface area contributed by atoms with Crippen molar-refractivity contribution in [1.29, 1.82) is 0 Å². The molecule has 0 aliphatic heterocycles. The summed E-state index contributed by atoms with van der Waals surface area (Å²) in [6, 6.07) is 0. The molecule has 0 aliphatic carbocycles. The maximum Gasteiger partial charge on any atom is 0.157 e. The number of hydrogen-bond donors (Lipinski definition) is 1. The Morgan fingerprint density at radius 1 is 1.28 bits per heavy atom. The zero-order valence-corrected chi connectivity index (χ0v) is 12.6. The maximum absolute atomic E-state index is 5.80. The molecule has 0 radical (unpaired) electrons. The molecule has 1 heterocycles. The Labute approximate surface area is 111 Å². The Hall–Kier alpha value is -1.03. The van der Waals surface area contributed by atoms with Crippen molar-refractivity contribution in [3.8, 4) is 5.75 Å². The lowest BCUT2D eigenvalue weighted by molar-refractivity contribution is 0.165. The first-order chi connectivity index (χ1) is 8.22. The zero-order valence-electron chi connectivity index (χ0n) is 12.6. The monoisotopic (exact) mass is 253 g/mol. The van der Waals surface area contributed by atoms with E-state index in [1.165, 1.54) is 0 Å². The van der Waals surface area contributed by atoms with Gasteiger partial charge in [0.2, 0.25) is 0 Å². The summed E-state index contributed by atoms with van der Waals surface area (Å²) >= 11 is 0. The molecule has 0 bridgehead atoms. The summed E-state index contributed by atoms with van der Waals surface area (Å²) in [7, 11) is 0. The molecule has 0 fully saturated rings. The fourth-order valence-electron chi connectivity index (χ4n) is 1.43. The molecule has 0 saturated carbocycles. The van der Waals surface area contributed by atoms with E-state index >= 15 is 0 Å². The lowest BCUT2D eigenvalue weighted by Gasteiger charge is -2.30. The first kappa shape index (κ1) is 15.0. The summed E-state index contributed by atoms with van der Waals surface area (Å²) in [4.78, 5) is 0. The number of aromatic nitrogens is 2. The number of rotatable bonds is 6. The molecule has 4 heteroatoms. The molecule has 4 nitrogen and oxygen atoms in total. The van der Waals surface area contributed by atoms with E-state index in [4.69, 9.17) is 4.74 Å². The van der Waals surface area contributed by atoms with Crippen LogP contribution in [-0.4, -0.2) is 28.5 Å². The van der Waals surface area contributed by atoms with Gasteiger partial charge < -0.3 is 10.1 Å². The second kappa shape index (κ2) is 5.74. The lowest BCUT2D eigenvalue weighted by atomic mass is 9.93. The minimum Gasteiger partial charge on any atom is -0.490 e. The van der Waals surface area contributed by atoms with Crippen LogP contribution in [0.2, 0.25) is 0 Å². The third kappa shape index (κ3) is 5.54. The van der Waals surface area contributed by atoms with Gasteiger partial charge in [0.05, 0.1) is 19.0 Å². The van der Waals surface area contributed by atoms with Crippen molar-refractivity contribution < 1.29 is 4.74 Å². The highest BCUT2D eigenvalue weighted by Crippen LogP contribution is 2.18. The highest BCUT2D eigenvalue weighted by Gasteiger charge is 2.22. The molecule has 1 aromatic rings. The summed E-state index contributed by atoms with van der Waals surface area (Å²) in [5.41, 5.74) is 0.242. The second-order valence-corrected chi connectivity index (χ2v) is 6.59. The van der Waals surface area contributed by atoms with E-state index in [9.17, 15) is 0 Å². The van der Waals surface area contributed by atoms with Crippen LogP contribution in [0.4, 0.5) is 0 Å². The van der Waals surface area contributed by atoms with Crippen LogP contribution in [0, 0.1) is 5.41 Å². The summed E-state index contributed by atoms with van der Waals surface area (Å²) in [6.45, 7) is 15.5. The van der Waals surface area contributed by atoms with Crippen molar-refractivity contribution in [1.82, 2.24) is 15.1 Å². The number of hydrogen-bond acceptors (Lipinski definition) is 3. The van der Waals surface area contributed by atoms with E-state index in [1.54, 1.807) is 6.20 Å². The Morgan fingerprint density at radius 2 is 1.94 bits per heavy atom. The SMILES string of the molecule is CCn1cc(OCC(C)(C)CNC(C)(C)C)cn1. The highest BCUT2D eigenvalue weighted by molar-refractivity contribution is 5.11. The van der Waals surface area contributed by atoms with Gasteiger partial charge in [0.15, 0.2) is 5.75 Å². The van der Waals surface area contributed by atoms with Gasteiger partial charge in [0, 0.05) is 24.0 Å². The van der Waals surface area contributed by atoms with Crippen molar-refractivity contribution in [3.05, 3.63) is 12.4 Å². The number of ether oxygens (including phenoxy) is 1. The molecular formula is C14H27N3O. The van der Waals surface area contributed by atoms with Gasteiger partial charge in [0.1, 0.15) is 0 Å². The Balaban J connectivity index is 2.41. The third-order valence-electron chi connectivity index (χ3n) is 2.66. The van der Waals surface area contributed by atoms with Crippen LogP contribution in [0.15, 0.2) is 12.4 Å². The first-order valence-electron chi connectivity index (χ1n) is 6.62. The molecule has 0 aliphatic rings. The molecule has 0 amide bonds. The molecule has 1 aromatic heterocycles. The predicted molar refractivity (Wildman–Crippen MR) is 74.9 cm³/mol. The van der Waals surface area contributed by atoms with Crippen LogP contribution in [0.1, 0.15) is 41.5 Å². The van der Waals surface area contributed by atoms with E-state index in [0.717, 1.165) is 18.8 Å². The molecule has 0 spiro atoms. The van der Waals surface area contributed by atoms with Gasteiger partial charge in [-0.05, 0) is 27.7 Å². The second-order valence-electron chi connectivity index (χ2n) is 6.59. The van der Waals surface area contributed by atoms with Crippen LogP contribution >= 0.6 is 0 Å². The minimum atomic E-state index is 0.0988. The van der Waals surface area contributed by atoms with Gasteiger partial charge in [-0.1, -0.05) is 13.8 Å². The van der Waals surface area contributed by atoms with Gasteiger partial charge in [-0.2, -0.15) is 5.10 Å². The number of aryl methyl sites for hydroxylation is 1. The van der Waals surface area contributed by atoms with Crippen molar-refractivity contribution in [3.63, 3.8) is 0 Å². The standard InChI is InChI=1S/C14H27N3O/c1-7-17-9-12(8-16-17)18-11-14(5,6)10-15-13(2,3)4/h8-9,15H,7,10-11H2,1-6H3. The summed E-state index contributed by atoms with van der Waals surface area (Å²) in [5, 5.41) is 7.71. The molecule has 0 atom stereocenters. The fraction of sp³-hybridized carbons (Fsp3) is 0.786. The van der Waals surface area contributed by atoms with Gasteiger partial charge >= 0.3 is 0 Å². The van der Waals surface area contributed by atoms with Gasteiger partial charge in [-0.25, -0.2) is 0 Å². The lowest BCUT2D eigenvalue weighted by Crippen LogP contribution is -2.43. The molecule has 1 N–H and O–H groups in total. The van der Waals surface area contributed by atoms with E-state index in [-0.39, 0.29) is 11.0 Å². The quantitative estimate of drug-likeness (QED) is 0.847. The Morgan fingerprint density at radius 3 is 2.44 bits per heavy atom. The van der Waals surface area contributed by atoms with E-state index < -0.39 is 0 Å². The van der Waals surface area contributed by atoms with Crippen LogP contribution in [0.25, 0.3) is 0 Å². The normalized spacial score (nSPS) is 12.8. The van der Waals surface area contributed by atoms with Crippen molar-refractivity contribution in [2.75, 3.05) is 13.2 Å². The molecule has 104 valence electrons.